The second-order valence-corrected chi connectivity index (χ2v) is 13.2. The average Bonchev–Trinajstić information content (AvgIpc) is 3.21. The van der Waals surface area contributed by atoms with Crippen LogP contribution in [0.15, 0.2) is 41.8 Å². The molecule has 2 aliphatic heterocycles. The summed E-state index contributed by atoms with van der Waals surface area (Å²) in [5.41, 5.74) is 7.24. The summed E-state index contributed by atoms with van der Waals surface area (Å²) < 4.78 is 11.9. The van der Waals surface area contributed by atoms with Crippen LogP contribution in [0.2, 0.25) is 0 Å². The summed E-state index contributed by atoms with van der Waals surface area (Å²) in [6.07, 6.45) is 2.42. The third-order valence-corrected chi connectivity index (χ3v) is 10.8. The van der Waals surface area contributed by atoms with Crippen LogP contribution in [0.3, 0.4) is 0 Å². The molecule has 7 rings (SSSR count). The highest BCUT2D eigenvalue weighted by atomic mass is 32.1. The molecule has 2 saturated carbocycles. The van der Waals surface area contributed by atoms with Gasteiger partial charge in [0.25, 0.3) is 0 Å². The number of hydrogen-bond donors (Lipinski definition) is 0. The monoisotopic (exact) mass is 543 g/mol. The first-order valence-electron chi connectivity index (χ1n) is 14.2. The number of carbonyl (C=O) groups is 1. The van der Waals surface area contributed by atoms with Crippen molar-refractivity contribution in [1.82, 2.24) is 9.88 Å². The minimum absolute atomic E-state index is 0.134. The zero-order chi connectivity index (χ0) is 26.8. The molecule has 4 fully saturated rings. The number of carbonyl (C=O) groups excluding carboxylic acids is 1. The molecule has 4 aliphatic rings. The van der Waals surface area contributed by atoms with Crippen LogP contribution in [0.4, 0.5) is 5.13 Å². The van der Waals surface area contributed by atoms with Gasteiger partial charge in [-0.05, 0) is 66.3 Å². The van der Waals surface area contributed by atoms with Crippen molar-refractivity contribution in [3.8, 4) is 17.0 Å². The van der Waals surface area contributed by atoms with Gasteiger partial charge < -0.3 is 19.2 Å². The van der Waals surface area contributed by atoms with Crippen molar-refractivity contribution in [2.45, 2.75) is 40.3 Å². The summed E-state index contributed by atoms with van der Waals surface area (Å²) in [4.78, 5) is 21.8. The van der Waals surface area contributed by atoms with E-state index >= 15 is 0 Å². The average molecular weight is 544 g/mol. The highest BCUT2D eigenvalue weighted by molar-refractivity contribution is 7.14. The van der Waals surface area contributed by atoms with E-state index in [1.807, 2.05) is 0 Å². The normalized spacial score (nSPS) is 29.5. The van der Waals surface area contributed by atoms with E-state index in [-0.39, 0.29) is 5.41 Å². The molecule has 0 N–H and O–H groups in total. The Bertz CT molecular complexity index is 1420. The third kappa shape index (κ3) is 4.21. The molecule has 3 aromatic rings. The third-order valence-electron chi connectivity index (χ3n) is 9.93. The lowest BCUT2D eigenvalue weighted by atomic mass is 9.57. The van der Waals surface area contributed by atoms with E-state index in [0.717, 1.165) is 68.1 Å². The van der Waals surface area contributed by atoms with Crippen molar-refractivity contribution in [3.05, 3.63) is 64.0 Å². The van der Waals surface area contributed by atoms with Gasteiger partial charge in [0.05, 0.1) is 18.9 Å². The van der Waals surface area contributed by atoms with Crippen molar-refractivity contribution < 1.29 is 14.3 Å². The Labute approximate surface area is 234 Å². The Morgan fingerprint density at radius 1 is 1.15 bits per heavy atom. The zero-order valence-electron chi connectivity index (χ0n) is 23.1. The van der Waals surface area contributed by atoms with Crippen LogP contribution in [-0.4, -0.2) is 55.6 Å². The van der Waals surface area contributed by atoms with Gasteiger partial charge in [-0.15, -0.1) is 11.3 Å². The summed E-state index contributed by atoms with van der Waals surface area (Å²) in [6, 6.07) is 13.1. The number of anilines is 1. The number of thiazole rings is 1. The van der Waals surface area contributed by atoms with Crippen molar-refractivity contribution in [2.75, 3.05) is 44.3 Å². The maximum Gasteiger partial charge on any atom is 0.185 e. The smallest absolute Gasteiger partial charge is 0.185 e. The maximum absolute atomic E-state index is 11.8. The highest BCUT2D eigenvalue weighted by Gasteiger charge is 2.81. The van der Waals surface area contributed by atoms with Crippen LogP contribution in [-0.2, 0) is 22.7 Å². The molecule has 0 radical (unpaired) electrons. The predicted molar refractivity (Wildman–Crippen MR) is 154 cm³/mol. The first-order chi connectivity index (χ1) is 18.9. The lowest BCUT2D eigenvalue weighted by Crippen LogP contribution is -2.48. The Hall–Kier alpha value is -2.74. The summed E-state index contributed by atoms with van der Waals surface area (Å²) in [5, 5.41) is 3.22. The molecule has 7 heteroatoms. The van der Waals surface area contributed by atoms with E-state index in [1.165, 1.54) is 35.0 Å². The van der Waals surface area contributed by atoms with E-state index in [1.54, 1.807) is 11.3 Å². The fourth-order valence-electron chi connectivity index (χ4n) is 7.62. The molecular formula is C32H37N3O3S. The quantitative estimate of drug-likeness (QED) is 0.350. The molecule has 3 heterocycles. The van der Waals surface area contributed by atoms with E-state index in [0.29, 0.717) is 23.9 Å². The molecular weight excluding hydrogens is 506 g/mol. The van der Waals surface area contributed by atoms with Crippen LogP contribution in [0, 0.1) is 36.5 Å². The number of nitrogens with zero attached hydrogens (tertiary/aromatic N) is 3. The summed E-state index contributed by atoms with van der Waals surface area (Å²) in [5.74, 6) is 1.91. The van der Waals surface area contributed by atoms with Crippen molar-refractivity contribution >= 4 is 22.8 Å². The van der Waals surface area contributed by atoms with Crippen molar-refractivity contribution in [1.29, 1.82) is 0 Å². The molecule has 0 amide bonds. The van der Waals surface area contributed by atoms with Gasteiger partial charge >= 0.3 is 0 Å². The predicted octanol–water partition coefficient (Wildman–Crippen LogP) is 5.50. The first kappa shape index (κ1) is 25.2. The number of rotatable bonds is 8. The van der Waals surface area contributed by atoms with E-state index in [9.17, 15) is 4.79 Å². The van der Waals surface area contributed by atoms with Gasteiger partial charge in [-0.1, -0.05) is 36.8 Å². The second-order valence-electron chi connectivity index (χ2n) is 12.4. The van der Waals surface area contributed by atoms with E-state index < -0.39 is 0 Å². The Balaban J connectivity index is 1.05. The molecule has 204 valence electrons. The zero-order valence-corrected chi connectivity index (χ0v) is 23.9. The second kappa shape index (κ2) is 9.43. The van der Waals surface area contributed by atoms with Gasteiger partial charge in [-0.2, -0.15) is 0 Å². The first-order valence-corrected chi connectivity index (χ1v) is 15.1. The lowest BCUT2D eigenvalue weighted by Gasteiger charge is -2.44. The number of morpholine rings is 1. The highest BCUT2D eigenvalue weighted by Crippen LogP contribution is 2.81. The lowest BCUT2D eigenvalue weighted by molar-refractivity contribution is -0.128. The molecule has 4 atom stereocenters. The number of aryl methyl sites for hydroxylation is 2. The Morgan fingerprint density at radius 2 is 2.00 bits per heavy atom. The minimum Gasteiger partial charge on any atom is -0.488 e. The van der Waals surface area contributed by atoms with Gasteiger partial charge in [0.15, 0.2) is 5.13 Å². The van der Waals surface area contributed by atoms with Crippen LogP contribution in [0.5, 0.6) is 5.75 Å². The number of aldehydes is 1. The number of hydrogen-bond acceptors (Lipinski definition) is 7. The van der Waals surface area contributed by atoms with Crippen LogP contribution in [0.1, 0.15) is 35.6 Å². The van der Waals surface area contributed by atoms with Crippen LogP contribution in [0.25, 0.3) is 11.3 Å². The van der Waals surface area contributed by atoms with E-state index in [2.05, 4.69) is 72.3 Å². The van der Waals surface area contributed by atoms with Gasteiger partial charge in [0.2, 0.25) is 0 Å². The molecule has 0 bridgehead atoms. The summed E-state index contributed by atoms with van der Waals surface area (Å²) >= 11 is 1.70. The fraction of sp³-hybridized carbons (Fsp3) is 0.500. The van der Waals surface area contributed by atoms with Crippen molar-refractivity contribution in [3.63, 3.8) is 0 Å². The number of benzene rings is 2. The Morgan fingerprint density at radius 3 is 2.79 bits per heavy atom. The van der Waals surface area contributed by atoms with E-state index in [4.69, 9.17) is 14.5 Å². The molecule has 4 unspecified atom stereocenters. The Kier molecular flexibility index (Phi) is 6.10. The van der Waals surface area contributed by atoms with Gasteiger partial charge in [-0.25, -0.2) is 4.98 Å². The SMILES string of the molecule is Cc1ccc(OCc2ccc(CN3CCOCC3)cc2C)c(-c2csc(N3CC4C(C)(C=O)C5CC45C3)n2)c1. The molecule has 6 nitrogen and oxygen atoms in total. The summed E-state index contributed by atoms with van der Waals surface area (Å²) in [6.45, 7) is 13.6. The maximum atomic E-state index is 11.8. The van der Waals surface area contributed by atoms with Gasteiger partial charge in [0.1, 0.15) is 18.6 Å². The molecule has 2 aliphatic carbocycles. The molecule has 39 heavy (non-hydrogen) atoms. The summed E-state index contributed by atoms with van der Waals surface area (Å²) in [7, 11) is 0. The molecule has 1 spiro atoms. The van der Waals surface area contributed by atoms with Gasteiger partial charge in [0, 0.05) is 49.1 Å². The van der Waals surface area contributed by atoms with Crippen LogP contribution < -0.4 is 9.64 Å². The minimum atomic E-state index is -0.134. The topological polar surface area (TPSA) is 54.9 Å². The number of aromatic nitrogens is 1. The molecule has 1 aromatic heterocycles. The van der Waals surface area contributed by atoms with Gasteiger partial charge in [-0.3, -0.25) is 4.90 Å². The standard InChI is InChI=1S/C32H37N3O3S/c1-21-4-7-27(38-17-24-6-5-23(13-22(24)2)15-34-8-10-37-11-9-34)25(12-21)26-18-39-30(33-26)35-16-29-31(3,20-36)28-14-32(28,29)19-35/h4-7,12-13,18,20,28-29H,8-11,14-17,19H2,1-3H3. The van der Waals surface area contributed by atoms with Crippen LogP contribution >= 0.6 is 11.3 Å². The fourth-order valence-corrected chi connectivity index (χ4v) is 8.46. The van der Waals surface area contributed by atoms with Crippen molar-refractivity contribution in [2.24, 2.45) is 22.7 Å². The largest absolute Gasteiger partial charge is 0.488 e. The number of ether oxygens (including phenoxy) is 2. The molecule has 2 saturated heterocycles. The molecule has 2 aromatic carbocycles.